The third kappa shape index (κ3) is 3.42. The number of rotatable bonds is 3. The van der Waals surface area contributed by atoms with Crippen LogP contribution in [0.25, 0.3) is 0 Å². The van der Waals surface area contributed by atoms with Gasteiger partial charge in [0.25, 0.3) is 0 Å². The number of ether oxygens (including phenoxy) is 1. The number of pyridine rings is 1. The molecule has 2 heterocycles. The van der Waals surface area contributed by atoms with Crippen molar-refractivity contribution in [1.29, 1.82) is 0 Å². The van der Waals surface area contributed by atoms with Crippen molar-refractivity contribution in [3.8, 4) is 0 Å². The van der Waals surface area contributed by atoms with Crippen molar-refractivity contribution < 1.29 is 14.6 Å². The smallest absolute Gasteiger partial charge is 0.407 e. The Morgan fingerprint density at radius 3 is 2.65 bits per heavy atom. The molecule has 1 aliphatic heterocycles. The van der Waals surface area contributed by atoms with E-state index >= 15 is 0 Å². The number of hydrogen-bond donors (Lipinski definition) is 1. The molecule has 1 amide bonds. The molecule has 1 fully saturated rings. The molecule has 1 N–H and O–H groups in total. The molecule has 92 valence electrons. The Morgan fingerprint density at radius 1 is 1.41 bits per heavy atom. The summed E-state index contributed by atoms with van der Waals surface area (Å²) in [6, 6.07) is 3.85. The monoisotopic (exact) mass is 236 g/mol. The van der Waals surface area contributed by atoms with Crippen LogP contribution in [-0.4, -0.2) is 40.3 Å². The number of amides is 1. The summed E-state index contributed by atoms with van der Waals surface area (Å²) in [5.74, 6) is 0. The normalized spacial score (nSPS) is 17.1. The highest BCUT2D eigenvalue weighted by atomic mass is 16.5. The Hall–Kier alpha value is -1.62. The average molecular weight is 236 g/mol. The van der Waals surface area contributed by atoms with Crippen molar-refractivity contribution in [3.63, 3.8) is 0 Å². The zero-order valence-electron chi connectivity index (χ0n) is 9.58. The lowest BCUT2D eigenvalue weighted by molar-refractivity contribution is 0.000346. The highest BCUT2D eigenvalue weighted by Crippen LogP contribution is 2.15. The summed E-state index contributed by atoms with van der Waals surface area (Å²) < 4.78 is 5.75. The van der Waals surface area contributed by atoms with Gasteiger partial charge in [-0.05, 0) is 30.5 Å². The zero-order valence-corrected chi connectivity index (χ0v) is 9.58. The lowest BCUT2D eigenvalue weighted by Gasteiger charge is -2.29. The summed E-state index contributed by atoms with van der Waals surface area (Å²) in [5, 5.41) is 8.81. The molecule has 5 heteroatoms. The molecule has 0 aliphatic carbocycles. The van der Waals surface area contributed by atoms with Gasteiger partial charge < -0.3 is 14.7 Å². The fraction of sp³-hybridized carbons (Fsp3) is 0.500. The molecule has 0 atom stereocenters. The van der Waals surface area contributed by atoms with E-state index in [0.717, 1.165) is 18.4 Å². The molecule has 1 aliphatic rings. The van der Waals surface area contributed by atoms with E-state index in [4.69, 9.17) is 9.84 Å². The second-order valence-electron chi connectivity index (χ2n) is 4.14. The second-order valence-corrected chi connectivity index (χ2v) is 4.14. The summed E-state index contributed by atoms with van der Waals surface area (Å²) in [4.78, 5) is 16.1. The number of piperidine rings is 1. The molecule has 0 spiro atoms. The molecule has 5 nitrogen and oxygen atoms in total. The van der Waals surface area contributed by atoms with Gasteiger partial charge in [-0.15, -0.1) is 0 Å². The molecule has 0 aromatic carbocycles. The van der Waals surface area contributed by atoms with Crippen LogP contribution in [0, 0.1) is 0 Å². The minimum absolute atomic E-state index is 0.166. The van der Waals surface area contributed by atoms with Gasteiger partial charge in [0.1, 0.15) is 0 Å². The highest BCUT2D eigenvalue weighted by molar-refractivity contribution is 5.64. The van der Waals surface area contributed by atoms with Gasteiger partial charge in [0.15, 0.2) is 0 Å². The Kier molecular flexibility index (Phi) is 3.93. The van der Waals surface area contributed by atoms with E-state index in [1.165, 1.54) is 4.90 Å². The maximum absolute atomic E-state index is 10.7. The van der Waals surface area contributed by atoms with Gasteiger partial charge in [-0.2, -0.15) is 0 Å². The van der Waals surface area contributed by atoms with Gasteiger partial charge in [-0.1, -0.05) is 0 Å². The molecule has 0 saturated carbocycles. The first-order chi connectivity index (χ1) is 8.25. The van der Waals surface area contributed by atoms with Gasteiger partial charge in [-0.25, -0.2) is 4.79 Å². The number of hydrogen-bond acceptors (Lipinski definition) is 3. The van der Waals surface area contributed by atoms with Crippen molar-refractivity contribution in [1.82, 2.24) is 9.88 Å². The number of carbonyl (C=O) groups is 1. The third-order valence-corrected chi connectivity index (χ3v) is 2.95. The molecule has 0 unspecified atom stereocenters. The first kappa shape index (κ1) is 11.9. The Balaban J connectivity index is 1.74. The van der Waals surface area contributed by atoms with Crippen LogP contribution >= 0.6 is 0 Å². The van der Waals surface area contributed by atoms with Crippen LogP contribution in [0.2, 0.25) is 0 Å². The summed E-state index contributed by atoms with van der Waals surface area (Å²) in [6.45, 7) is 1.70. The predicted octanol–water partition coefficient (Wildman–Crippen LogP) is 1.74. The van der Waals surface area contributed by atoms with Gasteiger partial charge >= 0.3 is 6.09 Å². The van der Waals surface area contributed by atoms with E-state index < -0.39 is 6.09 Å². The molecule has 17 heavy (non-hydrogen) atoms. The van der Waals surface area contributed by atoms with E-state index in [1.54, 1.807) is 12.4 Å². The lowest BCUT2D eigenvalue weighted by atomic mass is 10.1. The highest BCUT2D eigenvalue weighted by Gasteiger charge is 2.22. The molecule has 1 saturated heterocycles. The molecule has 0 radical (unpaired) electrons. The zero-order chi connectivity index (χ0) is 12.1. The van der Waals surface area contributed by atoms with Crippen LogP contribution in [-0.2, 0) is 11.3 Å². The van der Waals surface area contributed by atoms with Gasteiger partial charge in [0, 0.05) is 25.5 Å². The van der Waals surface area contributed by atoms with Crippen LogP contribution in [0.1, 0.15) is 18.4 Å². The van der Waals surface area contributed by atoms with Gasteiger partial charge in [-0.3, -0.25) is 4.98 Å². The number of likely N-dealkylation sites (tertiary alicyclic amines) is 1. The average Bonchev–Trinajstić information content (AvgIpc) is 2.38. The van der Waals surface area contributed by atoms with Crippen molar-refractivity contribution in [2.45, 2.75) is 25.6 Å². The van der Waals surface area contributed by atoms with Gasteiger partial charge in [0.05, 0.1) is 12.7 Å². The largest absolute Gasteiger partial charge is 0.465 e. The topological polar surface area (TPSA) is 62.7 Å². The van der Waals surface area contributed by atoms with E-state index in [-0.39, 0.29) is 6.10 Å². The predicted molar refractivity (Wildman–Crippen MR) is 61.6 cm³/mol. The molecule has 1 aromatic heterocycles. The first-order valence-corrected chi connectivity index (χ1v) is 5.74. The molecule has 0 bridgehead atoms. The van der Waals surface area contributed by atoms with Crippen LogP contribution in [0.4, 0.5) is 4.79 Å². The maximum atomic E-state index is 10.7. The number of aromatic nitrogens is 1. The summed E-state index contributed by atoms with van der Waals surface area (Å²) >= 11 is 0. The fourth-order valence-electron chi connectivity index (χ4n) is 1.91. The van der Waals surface area contributed by atoms with Crippen molar-refractivity contribution in [2.75, 3.05) is 13.1 Å². The standard InChI is InChI=1S/C12H16N2O3/c15-12(16)14-7-3-11(4-8-14)17-9-10-1-5-13-6-2-10/h1-2,5-6,11H,3-4,7-9H2,(H,15,16). The SMILES string of the molecule is O=C(O)N1CCC(OCc2ccncc2)CC1. The summed E-state index contributed by atoms with van der Waals surface area (Å²) in [6.07, 6.45) is 4.36. The number of nitrogens with zero attached hydrogens (tertiary/aromatic N) is 2. The van der Waals surface area contributed by atoms with Crippen LogP contribution < -0.4 is 0 Å². The molecule has 2 rings (SSSR count). The van der Waals surface area contributed by atoms with Crippen LogP contribution in [0.5, 0.6) is 0 Å². The van der Waals surface area contributed by atoms with Crippen molar-refractivity contribution in [3.05, 3.63) is 30.1 Å². The lowest BCUT2D eigenvalue weighted by Crippen LogP contribution is -2.40. The van der Waals surface area contributed by atoms with Crippen molar-refractivity contribution >= 4 is 6.09 Å². The molecular weight excluding hydrogens is 220 g/mol. The van der Waals surface area contributed by atoms with E-state index in [0.29, 0.717) is 19.7 Å². The Morgan fingerprint density at radius 2 is 2.06 bits per heavy atom. The third-order valence-electron chi connectivity index (χ3n) is 2.95. The molecule has 1 aromatic rings. The second kappa shape index (κ2) is 5.63. The van der Waals surface area contributed by atoms with E-state index in [1.807, 2.05) is 12.1 Å². The first-order valence-electron chi connectivity index (χ1n) is 5.74. The quantitative estimate of drug-likeness (QED) is 0.868. The van der Waals surface area contributed by atoms with Crippen molar-refractivity contribution in [2.24, 2.45) is 0 Å². The van der Waals surface area contributed by atoms with Crippen LogP contribution in [0.3, 0.4) is 0 Å². The molecular formula is C12H16N2O3. The minimum Gasteiger partial charge on any atom is -0.465 e. The summed E-state index contributed by atoms with van der Waals surface area (Å²) in [5.41, 5.74) is 1.10. The Bertz CT molecular complexity index is 361. The minimum atomic E-state index is -0.836. The van der Waals surface area contributed by atoms with E-state index in [2.05, 4.69) is 4.98 Å². The van der Waals surface area contributed by atoms with Gasteiger partial charge in [0.2, 0.25) is 0 Å². The number of carboxylic acid groups (broad SMARTS) is 1. The summed E-state index contributed by atoms with van der Waals surface area (Å²) in [7, 11) is 0. The van der Waals surface area contributed by atoms with Crippen LogP contribution in [0.15, 0.2) is 24.5 Å². The maximum Gasteiger partial charge on any atom is 0.407 e. The van der Waals surface area contributed by atoms with E-state index in [9.17, 15) is 4.79 Å². The Labute approximate surface area is 100 Å². The fourth-order valence-corrected chi connectivity index (χ4v) is 1.91.